The lowest BCUT2D eigenvalue weighted by atomic mass is 9.97. The van der Waals surface area contributed by atoms with Crippen LogP contribution in [0.25, 0.3) is 112 Å². The molecule has 12 aromatic rings. The number of aryl methyl sites for hydroxylation is 4. The SMILES string of the molecule is CCCCc1ccc(CCCC)c2c1nc(-c1ccc(-c3ccc(-c4nc5ccccc5nc4-c4ccc(-c5ccc(-c6nc7c(CCCC)ccc(CCCC)c7n6-c6ccccc6)cc5)cc4)cc3)cc1)n2-c1ccccc1. The summed E-state index contributed by atoms with van der Waals surface area (Å²) in [5, 5.41) is 0. The number of aromatic nitrogens is 6. The van der Waals surface area contributed by atoms with Crippen molar-refractivity contribution >= 4 is 33.1 Å². The largest absolute Gasteiger partial charge is 0.292 e. The highest BCUT2D eigenvalue weighted by molar-refractivity contribution is 5.91. The molecule has 0 amide bonds. The van der Waals surface area contributed by atoms with Gasteiger partial charge in [-0.05, 0) is 132 Å². The fourth-order valence-corrected chi connectivity index (χ4v) is 11.6. The first-order valence-electron chi connectivity index (χ1n) is 29.4. The zero-order chi connectivity index (χ0) is 54.4. The average molecular weight is 1040 g/mol. The van der Waals surface area contributed by atoms with Crippen LogP contribution in [0.2, 0.25) is 0 Å². The first-order valence-corrected chi connectivity index (χ1v) is 29.4. The number of para-hydroxylation sites is 4. The van der Waals surface area contributed by atoms with E-state index in [1.807, 2.05) is 24.3 Å². The number of fused-ring (bicyclic) bond motifs is 3. The third kappa shape index (κ3) is 10.4. The maximum atomic E-state index is 5.50. The molecular formula is C74H70N6. The van der Waals surface area contributed by atoms with Gasteiger partial charge in [0, 0.05) is 33.6 Å². The lowest BCUT2D eigenvalue weighted by molar-refractivity contribution is 0.790. The Morgan fingerprint density at radius 2 is 0.562 bits per heavy atom. The normalized spacial score (nSPS) is 11.6. The molecule has 0 atom stereocenters. The van der Waals surface area contributed by atoms with E-state index in [0.29, 0.717) is 0 Å². The minimum atomic E-state index is 0.858. The smallest absolute Gasteiger partial charge is 0.145 e. The lowest BCUT2D eigenvalue weighted by Crippen LogP contribution is -2.00. The number of hydrogen-bond donors (Lipinski definition) is 0. The molecule has 0 saturated carbocycles. The number of imidazole rings is 2. The van der Waals surface area contributed by atoms with Crippen LogP contribution in [0.1, 0.15) is 101 Å². The number of hydrogen-bond acceptors (Lipinski definition) is 4. The Kier molecular flexibility index (Phi) is 15.4. The molecule has 6 heteroatoms. The van der Waals surface area contributed by atoms with Crippen LogP contribution in [-0.4, -0.2) is 29.1 Å². The second-order valence-corrected chi connectivity index (χ2v) is 21.5. The van der Waals surface area contributed by atoms with Crippen molar-refractivity contribution in [1.82, 2.24) is 29.1 Å². The Morgan fingerprint density at radius 1 is 0.275 bits per heavy atom. The van der Waals surface area contributed by atoms with E-state index >= 15 is 0 Å². The zero-order valence-corrected chi connectivity index (χ0v) is 46.8. The van der Waals surface area contributed by atoms with Gasteiger partial charge in [0.25, 0.3) is 0 Å². The van der Waals surface area contributed by atoms with Crippen LogP contribution in [-0.2, 0) is 25.7 Å². The monoisotopic (exact) mass is 1040 g/mol. The molecule has 6 nitrogen and oxygen atoms in total. The zero-order valence-electron chi connectivity index (χ0n) is 46.8. The molecule has 80 heavy (non-hydrogen) atoms. The minimum Gasteiger partial charge on any atom is -0.292 e. The van der Waals surface area contributed by atoms with Crippen LogP contribution < -0.4 is 0 Å². The van der Waals surface area contributed by atoms with Crippen LogP contribution in [0.4, 0.5) is 0 Å². The quantitative estimate of drug-likeness (QED) is 0.0763. The van der Waals surface area contributed by atoms with Crippen molar-refractivity contribution in [2.75, 3.05) is 0 Å². The van der Waals surface area contributed by atoms with Crippen molar-refractivity contribution < 1.29 is 0 Å². The lowest BCUT2D eigenvalue weighted by Gasteiger charge is -2.14. The highest BCUT2D eigenvalue weighted by Gasteiger charge is 2.23. The summed E-state index contributed by atoms with van der Waals surface area (Å²) in [6.07, 6.45) is 13.3. The molecule has 0 N–H and O–H groups in total. The molecule has 3 aromatic heterocycles. The van der Waals surface area contributed by atoms with Crippen molar-refractivity contribution in [2.45, 2.75) is 105 Å². The van der Waals surface area contributed by atoms with Crippen molar-refractivity contribution in [2.24, 2.45) is 0 Å². The Morgan fingerprint density at radius 3 is 0.900 bits per heavy atom. The fourth-order valence-electron chi connectivity index (χ4n) is 11.6. The highest BCUT2D eigenvalue weighted by atomic mass is 15.1. The summed E-state index contributed by atoms with van der Waals surface area (Å²) in [4.78, 5) is 21.6. The Hall–Kier alpha value is -8.74. The molecule has 0 bridgehead atoms. The highest BCUT2D eigenvalue weighted by Crippen LogP contribution is 2.39. The molecule has 0 unspecified atom stereocenters. The summed E-state index contributed by atoms with van der Waals surface area (Å²) in [5.41, 5.74) is 24.7. The first kappa shape index (κ1) is 52.0. The summed E-state index contributed by atoms with van der Waals surface area (Å²) in [7, 11) is 0. The van der Waals surface area contributed by atoms with Gasteiger partial charge in [-0.1, -0.05) is 223 Å². The van der Waals surface area contributed by atoms with Gasteiger partial charge in [0.05, 0.1) is 44.5 Å². The first-order chi connectivity index (χ1) is 39.5. The van der Waals surface area contributed by atoms with Gasteiger partial charge in [0.2, 0.25) is 0 Å². The predicted molar refractivity (Wildman–Crippen MR) is 336 cm³/mol. The molecule has 0 aliphatic carbocycles. The van der Waals surface area contributed by atoms with Crippen LogP contribution in [0.3, 0.4) is 0 Å². The molecule has 0 aliphatic rings. The molecule has 0 saturated heterocycles. The van der Waals surface area contributed by atoms with Gasteiger partial charge in [-0.3, -0.25) is 9.13 Å². The van der Waals surface area contributed by atoms with Crippen molar-refractivity contribution in [3.05, 3.63) is 229 Å². The number of nitrogens with zero attached hydrogens (tertiary/aromatic N) is 6. The van der Waals surface area contributed by atoms with Crippen molar-refractivity contribution in [1.29, 1.82) is 0 Å². The van der Waals surface area contributed by atoms with E-state index in [9.17, 15) is 0 Å². The molecule has 12 rings (SSSR count). The van der Waals surface area contributed by atoms with Gasteiger partial charge >= 0.3 is 0 Å². The summed E-state index contributed by atoms with van der Waals surface area (Å²) in [5.74, 6) is 1.96. The molecular weight excluding hydrogens is 973 g/mol. The minimum absolute atomic E-state index is 0.858. The van der Waals surface area contributed by atoms with E-state index in [1.165, 1.54) is 33.3 Å². The van der Waals surface area contributed by atoms with Crippen molar-refractivity contribution in [3.8, 4) is 78.9 Å². The third-order valence-corrected chi connectivity index (χ3v) is 16.0. The molecule has 9 aromatic carbocycles. The Balaban J connectivity index is 0.846. The number of benzene rings is 9. The van der Waals surface area contributed by atoms with Gasteiger partial charge < -0.3 is 0 Å². The maximum Gasteiger partial charge on any atom is 0.145 e. The van der Waals surface area contributed by atoms with E-state index in [2.05, 4.69) is 219 Å². The summed E-state index contributed by atoms with van der Waals surface area (Å²) in [6.45, 7) is 9.07. The van der Waals surface area contributed by atoms with Crippen molar-refractivity contribution in [3.63, 3.8) is 0 Å². The van der Waals surface area contributed by atoms with Crippen LogP contribution >= 0.6 is 0 Å². The van der Waals surface area contributed by atoms with E-state index in [0.717, 1.165) is 178 Å². The second-order valence-electron chi connectivity index (χ2n) is 21.5. The number of rotatable bonds is 20. The Labute approximate surface area is 471 Å². The topological polar surface area (TPSA) is 61.4 Å². The summed E-state index contributed by atoms with van der Waals surface area (Å²) >= 11 is 0. The summed E-state index contributed by atoms with van der Waals surface area (Å²) in [6, 6.07) is 74.6. The molecule has 0 spiro atoms. The van der Waals surface area contributed by atoms with Crippen LogP contribution in [0.5, 0.6) is 0 Å². The van der Waals surface area contributed by atoms with E-state index < -0.39 is 0 Å². The summed E-state index contributed by atoms with van der Waals surface area (Å²) < 4.78 is 4.81. The fraction of sp³-hybridized carbons (Fsp3) is 0.216. The standard InChI is InChI=1S/C74H70N6/c1-5-9-21-55-43-45-59(23-11-7-3)71-69(55)77-73(79(71)63-25-15-13-16-26-63)61-47-35-53(36-48-61)51-31-39-57(40-32-51)67-68(76-66-30-20-19-29-65(66)75-67)58-41-33-52(34-42-58)54-37-49-62(50-38-54)74-78-70-56(22-10-6-2)44-46-60(24-12-8-4)72(70)80(74)64-27-17-14-18-28-64/h13-20,25-50H,5-12,21-24H2,1-4H3. The van der Waals surface area contributed by atoms with E-state index in [4.69, 9.17) is 19.9 Å². The molecule has 0 radical (unpaired) electrons. The predicted octanol–water partition coefficient (Wildman–Crippen LogP) is 19.7. The average Bonchev–Trinajstić information content (AvgIpc) is 4.35. The van der Waals surface area contributed by atoms with E-state index in [1.54, 1.807) is 0 Å². The van der Waals surface area contributed by atoms with Gasteiger partial charge in [-0.2, -0.15) is 0 Å². The molecule has 0 fully saturated rings. The Bertz CT molecular complexity index is 3790. The van der Waals surface area contributed by atoms with Gasteiger partial charge in [-0.25, -0.2) is 19.9 Å². The van der Waals surface area contributed by atoms with Gasteiger partial charge in [0.1, 0.15) is 11.6 Å². The number of unbranched alkanes of at least 4 members (excludes halogenated alkanes) is 4. The van der Waals surface area contributed by atoms with Gasteiger partial charge in [0.15, 0.2) is 0 Å². The van der Waals surface area contributed by atoms with Crippen LogP contribution in [0, 0.1) is 0 Å². The molecule has 3 heterocycles. The van der Waals surface area contributed by atoms with E-state index in [-0.39, 0.29) is 0 Å². The third-order valence-electron chi connectivity index (χ3n) is 16.0. The molecule has 396 valence electrons. The molecule has 0 aliphatic heterocycles. The van der Waals surface area contributed by atoms with Gasteiger partial charge in [-0.15, -0.1) is 0 Å². The second kappa shape index (κ2) is 23.7. The van der Waals surface area contributed by atoms with Crippen LogP contribution in [0.15, 0.2) is 206 Å². The maximum absolute atomic E-state index is 5.50.